The fourth-order valence-corrected chi connectivity index (χ4v) is 2.38. The number of hydrogen-bond donors (Lipinski definition) is 2. The van der Waals surface area contributed by atoms with Crippen molar-refractivity contribution in [3.63, 3.8) is 0 Å². The molecule has 1 rings (SSSR count). The minimum atomic E-state index is -0.719. The van der Waals surface area contributed by atoms with Crippen molar-refractivity contribution in [2.45, 2.75) is 52.2 Å². The molecule has 1 aromatic heterocycles. The Balaban J connectivity index is 2.52. The van der Waals surface area contributed by atoms with Crippen LogP contribution in [-0.2, 0) is 5.60 Å². The van der Waals surface area contributed by atoms with Crippen molar-refractivity contribution in [2.24, 2.45) is 0 Å². The maximum atomic E-state index is 10.4. The number of aliphatic hydroxyl groups is 1. The Kier molecular flexibility index (Phi) is 4.16. The summed E-state index contributed by atoms with van der Waals surface area (Å²) in [4.78, 5) is 1.25. The predicted octanol–water partition coefficient (Wildman–Crippen LogP) is 3.04. The molecule has 0 amide bonds. The number of hydrogen-bond acceptors (Lipinski definition) is 3. The van der Waals surface area contributed by atoms with Crippen LogP contribution in [0.15, 0.2) is 11.4 Å². The monoisotopic (exact) mass is 241 g/mol. The van der Waals surface area contributed by atoms with Crippen LogP contribution in [0.2, 0.25) is 0 Å². The first-order chi connectivity index (χ1) is 7.21. The lowest BCUT2D eigenvalue weighted by molar-refractivity contribution is 0.0468. The van der Waals surface area contributed by atoms with Gasteiger partial charge in [-0.25, -0.2) is 0 Å². The van der Waals surface area contributed by atoms with Crippen molar-refractivity contribution < 1.29 is 5.11 Å². The highest BCUT2D eigenvalue weighted by atomic mass is 32.1. The van der Waals surface area contributed by atoms with Crippen LogP contribution in [-0.4, -0.2) is 17.2 Å². The molecule has 1 aromatic rings. The third-order valence-electron chi connectivity index (χ3n) is 2.62. The Labute approximate surface area is 103 Å². The SMILES string of the molecule is Cc1cc(C(C)(O)CCNC(C)(C)C)cs1. The van der Waals surface area contributed by atoms with Crippen LogP contribution in [0.5, 0.6) is 0 Å². The Bertz CT molecular complexity index is 336. The van der Waals surface area contributed by atoms with Crippen LogP contribution in [0.4, 0.5) is 0 Å². The molecule has 0 aliphatic rings. The van der Waals surface area contributed by atoms with Crippen molar-refractivity contribution in [1.82, 2.24) is 5.32 Å². The van der Waals surface area contributed by atoms with Crippen LogP contribution in [0.25, 0.3) is 0 Å². The molecule has 0 saturated carbocycles. The zero-order chi connectivity index (χ0) is 12.4. The van der Waals surface area contributed by atoms with Gasteiger partial charge in [0.1, 0.15) is 0 Å². The van der Waals surface area contributed by atoms with Crippen LogP contribution in [0.1, 0.15) is 44.6 Å². The summed E-state index contributed by atoms with van der Waals surface area (Å²) in [7, 11) is 0. The number of thiophene rings is 1. The lowest BCUT2D eigenvalue weighted by Gasteiger charge is -2.26. The average Bonchev–Trinajstić information content (AvgIpc) is 2.49. The topological polar surface area (TPSA) is 32.3 Å². The molecule has 0 fully saturated rings. The minimum absolute atomic E-state index is 0.112. The van der Waals surface area contributed by atoms with Crippen molar-refractivity contribution in [3.05, 3.63) is 21.9 Å². The van der Waals surface area contributed by atoms with Crippen LogP contribution < -0.4 is 5.32 Å². The quantitative estimate of drug-likeness (QED) is 0.849. The van der Waals surface area contributed by atoms with E-state index in [0.29, 0.717) is 0 Å². The van der Waals surface area contributed by atoms with Gasteiger partial charge in [0.25, 0.3) is 0 Å². The zero-order valence-electron chi connectivity index (χ0n) is 10.9. The highest BCUT2D eigenvalue weighted by Crippen LogP contribution is 2.28. The number of aryl methyl sites for hydroxylation is 1. The Morgan fingerprint density at radius 2 is 1.94 bits per heavy atom. The molecule has 1 heterocycles. The molecule has 0 aliphatic carbocycles. The Hall–Kier alpha value is -0.380. The molecular formula is C13H23NOS. The van der Waals surface area contributed by atoms with E-state index in [0.717, 1.165) is 18.5 Å². The highest BCUT2D eigenvalue weighted by molar-refractivity contribution is 7.10. The van der Waals surface area contributed by atoms with Crippen molar-refractivity contribution in [1.29, 1.82) is 0 Å². The summed E-state index contributed by atoms with van der Waals surface area (Å²) in [5.74, 6) is 0. The van der Waals surface area contributed by atoms with E-state index in [1.165, 1.54) is 4.88 Å². The van der Waals surface area contributed by atoms with Gasteiger partial charge in [0.15, 0.2) is 0 Å². The summed E-state index contributed by atoms with van der Waals surface area (Å²) in [6.45, 7) is 11.2. The van der Waals surface area contributed by atoms with Gasteiger partial charge in [0.05, 0.1) is 5.60 Å². The van der Waals surface area contributed by atoms with E-state index in [1.807, 2.05) is 12.3 Å². The summed E-state index contributed by atoms with van der Waals surface area (Å²) in [5.41, 5.74) is 0.426. The first-order valence-corrected chi connectivity index (χ1v) is 6.62. The number of rotatable bonds is 4. The van der Waals surface area contributed by atoms with Gasteiger partial charge in [0.2, 0.25) is 0 Å². The molecular weight excluding hydrogens is 218 g/mol. The lowest BCUT2D eigenvalue weighted by atomic mass is 9.94. The Morgan fingerprint density at radius 1 is 1.31 bits per heavy atom. The summed E-state index contributed by atoms with van der Waals surface area (Å²) in [5, 5.41) is 15.8. The van der Waals surface area contributed by atoms with E-state index < -0.39 is 5.60 Å². The third kappa shape index (κ3) is 4.24. The van der Waals surface area contributed by atoms with Gasteiger partial charge >= 0.3 is 0 Å². The summed E-state index contributed by atoms with van der Waals surface area (Å²) in [6.07, 6.45) is 0.737. The fraction of sp³-hybridized carbons (Fsp3) is 0.692. The molecule has 2 N–H and O–H groups in total. The fourth-order valence-electron chi connectivity index (χ4n) is 1.55. The van der Waals surface area contributed by atoms with E-state index in [4.69, 9.17) is 0 Å². The van der Waals surface area contributed by atoms with Crippen LogP contribution >= 0.6 is 11.3 Å². The van der Waals surface area contributed by atoms with E-state index >= 15 is 0 Å². The van der Waals surface area contributed by atoms with Crippen molar-refractivity contribution in [2.75, 3.05) is 6.54 Å². The highest BCUT2D eigenvalue weighted by Gasteiger charge is 2.24. The molecule has 92 valence electrons. The van der Waals surface area contributed by atoms with Crippen molar-refractivity contribution in [3.8, 4) is 0 Å². The van der Waals surface area contributed by atoms with Gasteiger partial charge in [0, 0.05) is 10.4 Å². The minimum Gasteiger partial charge on any atom is -0.385 e. The maximum Gasteiger partial charge on any atom is 0.0888 e. The Morgan fingerprint density at radius 3 is 2.38 bits per heavy atom. The second kappa shape index (κ2) is 4.86. The molecule has 1 unspecified atom stereocenters. The molecule has 0 aromatic carbocycles. The van der Waals surface area contributed by atoms with Crippen molar-refractivity contribution >= 4 is 11.3 Å². The van der Waals surface area contributed by atoms with Gasteiger partial charge < -0.3 is 10.4 Å². The van der Waals surface area contributed by atoms with Gasteiger partial charge in [-0.1, -0.05) is 0 Å². The lowest BCUT2D eigenvalue weighted by Crippen LogP contribution is -2.39. The third-order valence-corrected chi connectivity index (χ3v) is 3.48. The van der Waals surface area contributed by atoms with E-state index in [1.54, 1.807) is 11.3 Å². The molecule has 0 spiro atoms. The second-order valence-corrected chi connectivity index (χ2v) is 6.76. The van der Waals surface area contributed by atoms with Gasteiger partial charge in [-0.05, 0) is 64.6 Å². The van der Waals surface area contributed by atoms with E-state index in [9.17, 15) is 5.11 Å². The first-order valence-electron chi connectivity index (χ1n) is 5.74. The molecule has 0 aliphatic heterocycles. The molecule has 3 heteroatoms. The summed E-state index contributed by atoms with van der Waals surface area (Å²) >= 11 is 1.69. The molecule has 2 nitrogen and oxygen atoms in total. The maximum absolute atomic E-state index is 10.4. The standard InChI is InChI=1S/C13H23NOS/c1-10-8-11(9-16-10)13(5,15)6-7-14-12(2,3)4/h8-9,14-15H,6-7H2,1-5H3. The van der Waals surface area contributed by atoms with Gasteiger partial charge in [-0.15, -0.1) is 11.3 Å². The van der Waals surface area contributed by atoms with Gasteiger partial charge in [-0.2, -0.15) is 0 Å². The first kappa shape index (κ1) is 13.7. The largest absolute Gasteiger partial charge is 0.385 e. The van der Waals surface area contributed by atoms with Crippen LogP contribution in [0, 0.1) is 6.92 Å². The van der Waals surface area contributed by atoms with E-state index in [-0.39, 0.29) is 5.54 Å². The molecule has 0 radical (unpaired) electrons. The smallest absolute Gasteiger partial charge is 0.0888 e. The summed E-state index contributed by atoms with van der Waals surface area (Å²) < 4.78 is 0. The zero-order valence-corrected chi connectivity index (χ0v) is 11.7. The number of nitrogens with one attached hydrogen (secondary N) is 1. The molecule has 1 atom stereocenters. The normalized spacial score (nSPS) is 16.1. The van der Waals surface area contributed by atoms with Gasteiger partial charge in [-0.3, -0.25) is 0 Å². The summed E-state index contributed by atoms with van der Waals surface area (Å²) in [6, 6.07) is 2.07. The second-order valence-electron chi connectivity index (χ2n) is 5.65. The van der Waals surface area contributed by atoms with E-state index in [2.05, 4.69) is 39.1 Å². The molecule has 16 heavy (non-hydrogen) atoms. The molecule has 0 bridgehead atoms. The molecule has 0 saturated heterocycles. The van der Waals surface area contributed by atoms with Crippen LogP contribution in [0.3, 0.4) is 0 Å². The average molecular weight is 241 g/mol. The predicted molar refractivity (Wildman–Crippen MR) is 71.0 cm³/mol.